The molecule has 0 saturated carbocycles. The molecule has 1 amide bonds. The highest BCUT2D eigenvalue weighted by Crippen LogP contribution is 2.14. The van der Waals surface area contributed by atoms with Crippen LogP contribution in [0.2, 0.25) is 0 Å². The van der Waals surface area contributed by atoms with Gasteiger partial charge in [0, 0.05) is 13.6 Å². The number of H-pyrrole nitrogens is 1. The number of nitrogens with zero attached hydrogens (tertiary/aromatic N) is 2. The molecule has 2 aromatic rings. The van der Waals surface area contributed by atoms with Crippen LogP contribution in [0.1, 0.15) is 11.4 Å². The number of nitrogens with one attached hydrogen (secondary N) is 1. The van der Waals surface area contributed by atoms with Gasteiger partial charge in [-0.05, 0) is 31.0 Å². The maximum atomic E-state index is 11.3. The summed E-state index contributed by atoms with van der Waals surface area (Å²) in [5.74, 6) is 0.904. The molecule has 0 bridgehead atoms. The molecular formula is C13H16ClN3O. The van der Waals surface area contributed by atoms with E-state index in [0.29, 0.717) is 6.54 Å². The van der Waals surface area contributed by atoms with Crippen LogP contribution in [0, 0.1) is 6.92 Å². The van der Waals surface area contributed by atoms with Crippen molar-refractivity contribution in [2.24, 2.45) is 0 Å². The predicted molar refractivity (Wildman–Crippen MR) is 72.9 cm³/mol. The highest BCUT2D eigenvalue weighted by Gasteiger charge is 2.07. The average molecular weight is 266 g/mol. The van der Waals surface area contributed by atoms with E-state index in [1.807, 2.05) is 19.1 Å². The Hall–Kier alpha value is -1.55. The van der Waals surface area contributed by atoms with E-state index in [2.05, 4.69) is 16.0 Å². The molecule has 0 saturated heterocycles. The number of halogens is 1. The van der Waals surface area contributed by atoms with E-state index in [1.165, 1.54) is 5.56 Å². The van der Waals surface area contributed by atoms with Crippen LogP contribution in [-0.4, -0.2) is 40.2 Å². The highest BCUT2D eigenvalue weighted by molar-refractivity contribution is 6.27. The van der Waals surface area contributed by atoms with E-state index in [4.69, 9.17) is 11.6 Å². The summed E-state index contributed by atoms with van der Waals surface area (Å²) in [6.45, 7) is 2.61. The Morgan fingerprint density at radius 2 is 2.28 bits per heavy atom. The number of carbonyl (C=O) groups excluding carboxylic acids is 1. The van der Waals surface area contributed by atoms with Crippen molar-refractivity contribution in [3.63, 3.8) is 0 Å². The molecule has 0 spiro atoms. The zero-order valence-electron chi connectivity index (χ0n) is 10.5. The maximum absolute atomic E-state index is 11.3. The van der Waals surface area contributed by atoms with E-state index >= 15 is 0 Å². The topological polar surface area (TPSA) is 49.0 Å². The van der Waals surface area contributed by atoms with Crippen LogP contribution in [0.5, 0.6) is 0 Å². The van der Waals surface area contributed by atoms with Gasteiger partial charge in [0.25, 0.3) is 0 Å². The second kappa shape index (κ2) is 5.40. The van der Waals surface area contributed by atoms with Crippen LogP contribution in [-0.2, 0) is 11.2 Å². The van der Waals surface area contributed by atoms with E-state index in [0.717, 1.165) is 23.3 Å². The lowest BCUT2D eigenvalue weighted by Crippen LogP contribution is -2.29. The van der Waals surface area contributed by atoms with Gasteiger partial charge < -0.3 is 9.88 Å². The third-order valence-corrected chi connectivity index (χ3v) is 3.17. The lowest BCUT2D eigenvalue weighted by molar-refractivity contribution is -0.127. The van der Waals surface area contributed by atoms with Crippen molar-refractivity contribution in [1.82, 2.24) is 14.9 Å². The number of carbonyl (C=O) groups is 1. The summed E-state index contributed by atoms with van der Waals surface area (Å²) in [5, 5.41) is 0. The molecule has 1 aromatic carbocycles. The van der Waals surface area contributed by atoms with Gasteiger partial charge in [0.1, 0.15) is 11.7 Å². The molecule has 18 heavy (non-hydrogen) atoms. The Balaban J connectivity index is 2.05. The summed E-state index contributed by atoms with van der Waals surface area (Å²) >= 11 is 5.51. The molecule has 0 atom stereocenters. The molecule has 4 nitrogen and oxygen atoms in total. The first-order valence-electron chi connectivity index (χ1n) is 5.85. The molecule has 0 radical (unpaired) electrons. The number of hydrogen-bond acceptors (Lipinski definition) is 2. The van der Waals surface area contributed by atoms with E-state index in [1.54, 1.807) is 11.9 Å². The number of alkyl halides is 1. The van der Waals surface area contributed by atoms with E-state index in [9.17, 15) is 4.79 Å². The molecule has 0 unspecified atom stereocenters. The first kappa shape index (κ1) is 12.9. The number of aromatic amines is 1. The zero-order chi connectivity index (χ0) is 13.1. The molecule has 0 aliphatic heterocycles. The van der Waals surface area contributed by atoms with Crippen LogP contribution in [0.15, 0.2) is 18.2 Å². The molecule has 0 aliphatic rings. The smallest absolute Gasteiger partial charge is 0.237 e. The van der Waals surface area contributed by atoms with Crippen molar-refractivity contribution < 1.29 is 4.79 Å². The predicted octanol–water partition coefficient (Wildman–Crippen LogP) is 2.11. The number of rotatable bonds is 4. The number of aromatic nitrogens is 2. The summed E-state index contributed by atoms with van der Waals surface area (Å²) in [6, 6.07) is 6.12. The molecule has 1 N–H and O–H groups in total. The average Bonchev–Trinajstić information content (AvgIpc) is 2.74. The van der Waals surface area contributed by atoms with Gasteiger partial charge in [0.2, 0.25) is 5.91 Å². The molecule has 5 heteroatoms. The highest BCUT2D eigenvalue weighted by atomic mass is 35.5. The van der Waals surface area contributed by atoms with Gasteiger partial charge in [-0.1, -0.05) is 6.07 Å². The Morgan fingerprint density at radius 1 is 1.50 bits per heavy atom. The summed E-state index contributed by atoms with van der Waals surface area (Å²) < 4.78 is 0. The van der Waals surface area contributed by atoms with Crippen LogP contribution in [0.3, 0.4) is 0 Å². The fraction of sp³-hybridized carbons (Fsp3) is 0.385. The van der Waals surface area contributed by atoms with Crippen molar-refractivity contribution in [2.45, 2.75) is 13.3 Å². The first-order chi connectivity index (χ1) is 8.60. The molecule has 2 rings (SSSR count). The lowest BCUT2D eigenvalue weighted by atomic mass is 10.1. The van der Waals surface area contributed by atoms with Crippen molar-refractivity contribution in [1.29, 1.82) is 0 Å². The standard InChI is InChI=1S/C13H16ClN3O/c1-9-15-11-4-3-10(7-12(11)16-9)5-6-17(2)13(18)8-14/h3-4,7H,5-6,8H2,1-2H3,(H,15,16). The van der Waals surface area contributed by atoms with Gasteiger partial charge in [-0.3, -0.25) is 4.79 Å². The third-order valence-electron chi connectivity index (χ3n) is 2.94. The van der Waals surface area contributed by atoms with Crippen LogP contribution in [0.4, 0.5) is 0 Å². The first-order valence-corrected chi connectivity index (χ1v) is 6.39. The number of amides is 1. The van der Waals surface area contributed by atoms with Crippen molar-refractivity contribution in [3.8, 4) is 0 Å². The molecule has 0 fully saturated rings. The van der Waals surface area contributed by atoms with Crippen molar-refractivity contribution >= 4 is 28.5 Å². The van der Waals surface area contributed by atoms with Gasteiger partial charge in [0.15, 0.2) is 0 Å². The zero-order valence-corrected chi connectivity index (χ0v) is 11.3. The quantitative estimate of drug-likeness (QED) is 0.861. The lowest BCUT2D eigenvalue weighted by Gasteiger charge is -2.15. The fourth-order valence-electron chi connectivity index (χ4n) is 1.86. The van der Waals surface area contributed by atoms with Gasteiger partial charge in [-0.15, -0.1) is 11.6 Å². The SMILES string of the molecule is Cc1nc2ccc(CCN(C)C(=O)CCl)cc2[nH]1. The van der Waals surface area contributed by atoms with E-state index in [-0.39, 0.29) is 11.8 Å². The van der Waals surface area contributed by atoms with Crippen LogP contribution in [0.25, 0.3) is 11.0 Å². The molecule has 1 aromatic heterocycles. The second-order valence-corrected chi connectivity index (χ2v) is 4.64. The number of aryl methyl sites for hydroxylation is 1. The van der Waals surface area contributed by atoms with Gasteiger partial charge >= 0.3 is 0 Å². The molecule has 0 aliphatic carbocycles. The summed E-state index contributed by atoms with van der Waals surface area (Å²) in [4.78, 5) is 20.5. The minimum absolute atomic E-state index is 0.0370. The maximum Gasteiger partial charge on any atom is 0.237 e. The second-order valence-electron chi connectivity index (χ2n) is 4.37. The Labute approximate surface area is 111 Å². The molecule has 1 heterocycles. The van der Waals surface area contributed by atoms with Crippen molar-refractivity contribution in [3.05, 3.63) is 29.6 Å². The molecular weight excluding hydrogens is 250 g/mol. The summed E-state index contributed by atoms with van der Waals surface area (Å²) in [7, 11) is 1.77. The monoisotopic (exact) mass is 265 g/mol. The van der Waals surface area contributed by atoms with Gasteiger partial charge in [-0.2, -0.15) is 0 Å². The summed E-state index contributed by atoms with van der Waals surface area (Å²) in [6.07, 6.45) is 0.813. The number of benzene rings is 1. The van der Waals surface area contributed by atoms with E-state index < -0.39 is 0 Å². The Kier molecular flexibility index (Phi) is 3.87. The number of imidazole rings is 1. The number of likely N-dealkylation sites (N-methyl/N-ethyl adjacent to an activating group) is 1. The minimum Gasteiger partial charge on any atom is -0.344 e. The third kappa shape index (κ3) is 2.82. The minimum atomic E-state index is -0.0462. The summed E-state index contributed by atoms with van der Waals surface area (Å²) in [5.41, 5.74) is 3.19. The Morgan fingerprint density at radius 3 is 3.00 bits per heavy atom. The largest absolute Gasteiger partial charge is 0.344 e. The van der Waals surface area contributed by atoms with Gasteiger partial charge in [0.05, 0.1) is 11.0 Å². The Bertz CT molecular complexity index is 564. The number of hydrogen-bond donors (Lipinski definition) is 1. The van der Waals surface area contributed by atoms with Crippen molar-refractivity contribution in [2.75, 3.05) is 19.5 Å². The van der Waals surface area contributed by atoms with Crippen LogP contribution < -0.4 is 0 Å². The fourth-order valence-corrected chi connectivity index (χ4v) is 2.07. The molecule has 96 valence electrons. The van der Waals surface area contributed by atoms with Gasteiger partial charge in [-0.25, -0.2) is 4.98 Å². The van der Waals surface area contributed by atoms with Crippen LogP contribution >= 0.6 is 11.6 Å². The normalized spacial score (nSPS) is 10.8. The number of fused-ring (bicyclic) bond motifs is 1.